The first-order chi connectivity index (χ1) is 10.4. The molecule has 3 atom stereocenters. The zero-order valence-electron chi connectivity index (χ0n) is 13.1. The Morgan fingerprint density at radius 3 is 1.75 bits per heavy atom. The molecule has 0 aliphatic carbocycles. The summed E-state index contributed by atoms with van der Waals surface area (Å²) in [5, 5.41) is 40.2. The first-order valence-electron chi connectivity index (χ1n) is 7.03. The van der Waals surface area contributed by atoms with Crippen molar-refractivity contribution in [3.8, 4) is 0 Å². The molecule has 0 aromatic heterocycles. The van der Waals surface area contributed by atoms with E-state index in [1.54, 1.807) is 0 Å². The van der Waals surface area contributed by atoms with Crippen molar-refractivity contribution in [1.29, 1.82) is 0 Å². The van der Waals surface area contributed by atoms with Gasteiger partial charge in [-0.25, -0.2) is 0 Å². The number of hydrogen-bond acceptors (Lipinski definition) is 8. The predicted molar refractivity (Wildman–Crippen MR) is 67.9 cm³/mol. The summed E-state index contributed by atoms with van der Waals surface area (Å²) in [6, 6.07) is 0. The zero-order chi connectivity index (χ0) is 18.6. The molecule has 0 amide bonds. The maximum absolute atomic E-state index is 12.0. The van der Waals surface area contributed by atoms with Gasteiger partial charge in [-0.1, -0.05) is 0 Å². The number of rotatable bonds is 7. The lowest BCUT2D eigenvalue weighted by molar-refractivity contribution is -0.229. The molecule has 0 aromatic rings. The van der Waals surface area contributed by atoms with Crippen LogP contribution < -0.4 is 0 Å². The van der Waals surface area contributed by atoms with Crippen LogP contribution in [0.25, 0.3) is 0 Å². The Bertz CT molecular complexity index is 529. The van der Waals surface area contributed by atoms with Crippen molar-refractivity contribution in [2.45, 2.75) is 37.5 Å². The van der Waals surface area contributed by atoms with Gasteiger partial charge >= 0.3 is 0 Å². The number of aliphatic hydroxyl groups excluding tert-OH is 1. The van der Waals surface area contributed by atoms with Crippen molar-refractivity contribution >= 4 is 38.0 Å². The van der Waals surface area contributed by atoms with Crippen molar-refractivity contribution in [1.82, 2.24) is 0 Å². The number of carbonyl (C=O) groups excluding carboxylic acids is 4. The van der Waals surface area contributed by atoms with Crippen LogP contribution in [0.15, 0.2) is 0 Å². The van der Waals surface area contributed by atoms with Crippen LogP contribution in [0, 0.1) is 0 Å². The van der Waals surface area contributed by atoms with Gasteiger partial charge in [0.2, 0.25) is 15.9 Å². The van der Waals surface area contributed by atoms with Crippen molar-refractivity contribution in [3.05, 3.63) is 0 Å². The monoisotopic (exact) mass is 357 g/mol. The minimum Gasteiger partial charge on any atom is -0.393 e. The van der Waals surface area contributed by atoms with Gasteiger partial charge in [-0.2, -0.15) is 0 Å². The lowest BCUT2D eigenvalue weighted by Crippen LogP contribution is -2.78. The average Bonchev–Trinajstić information content (AvgIpc) is 2.56. The summed E-state index contributed by atoms with van der Waals surface area (Å²) in [6.45, 7) is -5.75. The minimum absolute atomic E-state index is 1.29. The molecule has 20 heavy (non-hydrogen) atoms. The molecule has 0 saturated carbocycles. The summed E-state index contributed by atoms with van der Waals surface area (Å²) in [4.78, 5) is 47.2. The highest BCUT2D eigenvalue weighted by Gasteiger charge is 2.71. The molecular formula is C11H15BrO8. The first-order valence-corrected chi connectivity index (χ1v) is 5.70. The van der Waals surface area contributed by atoms with Crippen molar-refractivity contribution in [3.63, 3.8) is 0 Å². The third-order valence-corrected chi connectivity index (χ3v) is 3.48. The Labute approximate surface area is 126 Å². The van der Waals surface area contributed by atoms with Gasteiger partial charge in [0, 0.05) is 4.11 Å². The summed E-state index contributed by atoms with van der Waals surface area (Å²) in [5.41, 5.74) is -11.4. The van der Waals surface area contributed by atoms with Crippen LogP contribution in [0.4, 0.5) is 0 Å². The summed E-state index contributed by atoms with van der Waals surface area (Å²) < 4.78 is 19.1. The molecule has 0 rings (SSSR count). The van der Waals surface area contributed by atoms with Crippen molar-refractivity contribution in [2.75, 3.05) is 6.61 Å². The van der Waals surface area contributed by atoms with E-state index in [0.717, 1.165) is 0 Å². The third kappa shape index (κ3) is 2.25. The van der Waals surface area contributed by atoms with Gasteiger partial charge in [0.25, 0.3) is 0 Å². The lowest BCUT2D eigenvalue weighted by Gasteiger charge is -2.45. The predicted octanol–water partition coefficient (Wildman–Crippen LogP) is -2.14. The molecule has 0 aliphatic heterocycles. The molecule has 0 heterocycles. The van der Waals surface area contributed by atoms with Gasteiger partial charge < -0.3 is 20.4 Å². The summed E-state index contributed by atoms with van der Waals surface area (Å²) >= 11 is 2.15. The van der Waals surface area contributed by atoms with Gasteiger partial charge in [0.15, 0.2) is 23.0 Å². The van der Waals surface area contributed by atoms with Gasteiger partial charge in [-0.05, 0) is 36.6 Å². The molecule has 114 valence electrons. The fourth-order valence-electron chi connectivity index (χ4n) is 1.59. The van der Waals surface area contributed by atoms with Crippen LogP contribution in [0.3, 0.4) is 0 Å². The van der Waals surface area contributed by atoms with Gasteiger partial charge in [0.05, 0.1) is 6.61 Å². The summed E-state index contributed by atoms with van der Waals surface area (Å²) in [5.74, 6) is -5.30. The number of hydrogen-bond donors (Lipinski definition) is 4. The first kappa shape index (κ1) is 14.0. The number of Topliss-reactive ketones (excluding diaryl/α,β-unsaturated/α-hetero) is 3. The van der Waals surface area contributed by atoms with E-state index in [1.165, 1.54) is 0 Å². The second-order valence-corrected chi connectivity index (χ2v) is 4.70. The molecule has 0 fully saturated rings. The number of ketones is 3. The van der Waals surface area contributed by atoms with Crippen molar-refractivity contribution in [2.24, 2.45) is 0 Å². The smallest absolute Gasteiger partial charge is 0.240 e. The Balaban J connectivity index is 6.86. The number of carbonyl (C=O) groups is 4. The molecule has 0 radical (unpaired) electrons. The maximum atomic E-state index is 12.0. The molecule has 0 saturated heterocycles. The summed E-state index contributed by atoms with van der Waals surface area (Å²) in [6.07, 6.45) is 0. The largest absolute Gasteiger partial charge is 0.393 e. The van der Waals surface area contributed by atoms with E-state index in [2.05, 4.69) is 15.9 Å². The van der Waals surface area contributed by atoms with Gasteiger partial charge in [-0.15, -0.1) is 0 Å². The Morgan fingerprint density at radius 1 is 1.00 bits per heavy atom. The Morgan fingerprint density at radius 2 is 1.45 bits per heavy atom. The molecule has 0 bridgehead atoms. The van der Waals surface area contributed by atoms with Gasteiger partial charge in [0.1, 0.15) is 0 Å². The number of aliphatic hydroxyl groups is 4. The molecular weight excluding hydrogens is 340 g/mol. The van der Waals surface area contributed by atoms with Crippen LogP contribution in [0.5, 0.6) is 0 Å². The van der Waals surface area contributed by atoms with Crippen LogP contribution in [0.2, 0.25) is 0 Å². The Hall–Kier alpha value is -1.00. The highest BCUT2D eigenvalue weighted by atomic mass is 79.9. The van der Waals surface area contributed by atoms with E-state index < -0.39 is 66.2 Å². The second-order valence-electron chi connectivity index (χ2n) is 3.98. The normalized spacial score (nSPS) is 22.1. The minimum atomic E-state index is -3.96. The van der Waals surface area contributed by atoms with E-state index in [-0.39, 0.29) is 0 Å². The van der Waals surface area contributed by atoms with Crippen LogP contribution in [-0.4, -0.2) is 65.9 Å². The molecule has 0 aromatic carbocycles. The highest BCUT2D eigenvalue weighted by Crippen LogP contribution is 2.38. The van der Waals surface area contributed by atoms with E-state index >= 15 is 0 Å². The second kappa shape index (κ2) is 5.78. The molecule has 9 heteroatoms. The fourth-order valence-corrected chi connectivity index (χ4v) is 2.10. The van der Waals surface area contributed by atoms with Gasteiger partial charge in [-0.3, -0.25) is 19.2 Å². The van der Waals surface area contributed by atoms with E-state index in [9.17, 15) is 39.6 Å². The van der Waals surface area contributed by atoms with Crippen LogP contribution in [-0.2, 0) is 19.2 Å². The van der Waals surface area contributed by atoms with E-state index in [0.29, 0.717) is 0 Å². The number of halogens is 1. The average molecular weight is 358 g/mol. The standard InChI is InChI=1S/C11H15BrO8/c1-5(14)9(18,4-13)11(20,7(3)16)10(19,6(2)15)8(12)17/h13,18-20H,4H2,1-3H3/t9-,10-,11+/m0/s1/i1D,2D,3D. The van der Waals surface area contributed by atoms with E-state index in [1.807, 2.05) is 0 Å². The SMILES string of the molecule is [2H]CC(=O)[C@](O)(C(=O)Br)[C@@](O)(C(=O)C[2H])[C@](O)(CO)C(=O)C[2H]. The molecule has 4 N–H and O–H groups in total. The lowest BCUT2D eigenvalue weighted by atomic mass is 9.66. The van der Waals surface area contributed by atoms with Crippen LogP contribution >= 0.6 is 15.9 Å². The third-order valence-electron chi connectivity index (χ3n) is 2.90. The fraction of sp³-hybridized carbons (Fsp3) is 0.636. The van der Waals surface area contributed by atoms with Crippen LogP contribution in [0.1, 0.15) is 24.8 Å². The maximum Gasteiger partial charge on any atom is 0.240 e. The molecule has 0 spiro atoms. The summed E-state index contributed by atoms with van der Waals surface area (Å²) in [7, 11) is 0. The Kier molecular flexibility index (Phi) is 4.03. The topological polar surface area (TPSA) is 149 Å². The van der Waals surface area contributed by atoms with E-state index in [4.69, 9.17) is 4.11 Å². The highest BCUT2D eigenvalue weighted by molar-refractivity contribution is 9.18. The molecule has 8 nitrogen and oxygen atoms in total. The quantitative estimate of drug-likeness (QED) is 0.298. The molecule has 0 aliphatic rings. The molecule has 0 unspecified atom stereocenters. The van der Waals surface area contributed by atoms with Crippen molar-refractivity contribution < 1.29 is 43.7 Å². The zero-order valence-corrected chi connectivity index (χ0v) is 11.7.